The maximum absolute atomic E-state index is 5.58. The molecule has 5 heteroatoms. The van der Waals surface area contributed by atoms with Crippen molar-refractivity contribution in [2.24, 2.45) is 0 Å². The molecule has 1 saturated carbocycles. The van der Waals surface area contributed by atoms with Crippen molar-refractivity contribution in [3.05, 3.63) is 47.6 Å². The molecule has 5 nitrogen and oxygen atoms in total. The predicted octanol–water partition coefficient (Wildman–Crippen LogP) is 1.55. The van der Waals surface area contributed by atoms with Crippen LogP contribution in [0.3, 0.4) is 0 Å². The lowest BCUT2D eigenvalue weighted by Crippen LogP contribution is -2.43. The fourth-order valence-electron chi connectivity index (χ4n) is 3.09. The molecule has 2 heterocycles. The van der Waals surface area contributed by atoms with E-state index in [1.54, 1.807) is 0 Å². The van der Waals surface area contributed by atoms with E-state index in [0.29, 0.717) is 0 Å². The summed E-state index contributed by atoms with van der Waals surface area (Å²) in [6.45, 7) is 4.97. The van der Waals surface area contributed by atoms with E-state index >= 15 is 0 Å². The summed E-state index contributed by atoms with van der Waals surface area (Å²) in [6.07, 6.45) is 2.21. The minimum Gasteiger partial charge on any atom is -0.338 e. The van der Waals surface area contributed by atoms with E-state index < -0.39 is 0 Å². The number of aromatic nitrogens is 2. The number of benzene rings is 1. The van der Waals surface area contributed by atoms with Crippen molar-refractivity contribution in [3.8, 4) is 0 Å². The summed E-state index contributed by atoms with van der Waals surface area (Å²) >= 11 is 0. The summed E-state index contributed by atoms with van der Waals surface area (Å²) in [4.78, 5) is 7.04. The number of piperazine rings is 1. The van der Waals surface area contributed by atoms with Crippen LogP contribution in [0.15, 0.2) is 34.9 Å². The van der Waals surface area contributed by atoms with Gasteiger partial charge >= 0.3 is 0 Å². The number of rotatable bonds is 4. The summed E-state index contributed by atoms with van der Waals surface area (Å²) in [5.41, 5.74) is 1.28. The van der Waals surface area contributed by atoms with E-state index in [4.69, 9.17) is 4.52 Å². The normalized spacial score (nSPS) is 21.3. The Balaban J connectivity index is 1.52. The van der Waals surface area contributed by atoms with Gasteiger partial charge in [0.2, 0.25) is 5.89 Å². The van der Waals surface area contributed by atoms with Gasteiger partial charge in [-0.05, 0) is 18.4 Å². The summed E-state index contributed by atoms with van der Waals surface area (Å²) in [6, 6.07) is 10.5. The van der Waals surface area contributed by atoms with E-state index in [1.165, 1.54) is 5.56 Å². The van der Waals surface area contributed by atoms with Crippen molar-refractivity contribution >= 4 is 0 Å². The monoisotopic (exact) mass is 284 g/mol. The van der Waals surface area contributed by atoms with E-state index in [2.05, 4.69) is 44.6 Å². The molecular formula is C16H20N4O. The summed E-state index contributed by atoms with van der Waals surface area (Å²) < 4.78 is 5.58. The number of hydrogen-bond acceptors (Lipinski definition) is 5. The molecule has 1 aromatic heterocycles. The van der Waals surface area contributed by atoms with Crippen molar-refractivity contribution in [2.45, 2.75) is 24.8 Å². The summed E-state index contributed by atoms with van der Waals surface area (Å²) in [5.74, 6) is 1.60. The number of nitrogens with one attached hydrogen (secondary N) is 1. The molecule has 0 spiro atoms. The van der Waals surface area contributed by atoms with Gasteiger partial charge in [-0.2, -0.15) is 4.98 Å². The molecule has 4 rings (SSSR count). The molecule has 1 aliphatic carbocycles. The fraction of sp³-hybridized carbons (Fsp3) is 0.500. The average Bonchev–Trinajstić information content (AvgIpc) is 3.23. The van der Waals surface area contributed by atoms with Crippen LogP contribution in [0.1, 0.15) is 30.1 Å². The first-order valence-corrected chi connectivity index (χ1v) is 7.68. The fourth-order valence-corrected chi connectivity index (χ4v) is 3.09. The third kappa shape index (κ3) is 2.47. The van der Waals surface area contributed by atoms with E-state index in [9.17, 15) is 0 Å². The highest BCUT2D eigenvalue weighted by molar-refractivity contribution is 5.37. The molecule has 0 amide bonds. The van der Waals surface area contributed by atoms with E-state index in [0.717, 1.165) is 57.3 Å². The molecule has 1 aliphatic heterocycles. The van der Waals surface area contributed by atoms with Crippen molar-refractivity contribution < 1.29 is 4.52 Å². The van der Waals surface area contributed by atoms with Crippen LogP contribution in [0, 0.1) is 0 Å². The second-order valence-corrected chi connectivity index (χ2v) is 5.99. The Morgan fingerprint density at radius 1 is 1.14 bits per heavy atom. The molecule has 1 saturated heterocycles. The van der Waals surface area contributed by atoms with Crippen molar-refractivity contribution in [1.29, 1.82) is 0 Å². The molecule has 0 radical (unpaired) electrons. The van der Waals surface area contributed by atoms with Crippen LogP contribution in [-0.2, 0) is 12.0 Å². The maximum Gasteiger partial charge on any atom is 0.237 e. The SMILES string of the molecule is c1ccc(C2(c3nc(CN4CCNCC4)no3)CC2)cc1. The van der Waals surface area contributed by atoms with Crippen molar-refractivity contribution in [2.75, 3.05) is 26.2 Å². The number of nitrogens with zero attached hydrogens (tertiary/aromatic N) is 3. The zero-order chi connectivity index (χ0) is 14.1. The number of hydrogen-bond donors (Lipinski definition) is 1. The Bertz CT molecular complexity index is 600. The van der Waals surface area contributed by atoms with Gasteiger partial charge in [0.15, 0.2) is 5.82 Å². The van der Waals surface area contributed by atoms with Crippen molar-refractivity contribution in [3.63, 3.8) is 0 Å². The van der Waals surface area contributed by atoms with Gasteiger partial charge in [-0.15, -0.1) is 0 Å². The first kappa shape index (κ1) is 13.0. The van der Waals surface area contributed by atoms with Crippen LogP contribution in [0.2, 0.25) is 0 Å². The molecule has 110 valence electrons. The molecule has 0 unspecified atom stereocenters. The molecular weight excluding hydrogens is 264 g/mol. The Kier molecular flexibility index (Phi) is 3.24. The lowest BCUT2D eigenvalue weighted by Gasteiger charge is -2.25. The Morgan fingerprint density at radius 3 is 2.62 bits per heavy atom. The topological polar surface area (TPSA) is 54.2 Å². The third-order valence-corrected chi connectivity index (χ3v) is 4.53. The van der Waals surface area contributed by atoms with Gasteiger partial charge in [-0.25, -0.2) is 0 Å². The quantitative estimate of drug-likeness (QED) is 0.923. The minimum atomic E-state index is -0.0179. The Hall–Kier alpha value is -1.72. The van der Waals surface area contributed by atoms with Gasteiger partial charge in [-0.1, -0.05) is 35.5 Å². The lowest BCUT2D eigenvalue weighted by atomic mass is 9.96. The second kappa shape index (κ2) is 5.24. The third-order valence-electron chi connectivity index (χ3n) is 4.53. The first-order chi connectivity index (χ1) is 10.4. The van der Waals surface area contributed by atoms with Gasteiger partial charge in [0.1, 0.15) is 0 Å². The van der Waals surface area contributed by atoms with Crippen LogP contribution in [0.25, 0.3) is 0 Å². The van der Waals surface area contributed by atoms with Gasteiger partial charge in [0.05, 0.1) is 12.0 Å². The Morgan fingerprint density at radius 2 is 1.90 bits per heavy atom. The maximum atomic E-state index is 5.58. The van der Waals surface area contributed by atoms with Crippen LogP contribution >= 0.6 is 0 Å². The van der Waals surface area contributed by atoms with Crippen LogP contribution in [0.5, 0.6) is 0 Å². The van der Waals surface area contributed by atoms with Crippen LogP contribution < -0.4 is 5.32 Å². The molecule has 0 bridgehead atoms. The predicted molar refractivity (Wildman–Crippen MR) is 78.9 cm³/mol. The molecule has 1 aromatic carbocycles. The molecule has 21 heavy (non-hydrogen) atoms. The highest BCUT2D eigenvalue weighted by Gasteiger charge is 2.50. The lowest BCUT2D eigenvalue weighted by molar-refractivity contribution is 0.224. The average molecular weight is 284 g/mol. The van der Waals surface area contributed by atoms with E-state index in [1.807, 2.05) is 6.07 Å². The van der Waals surface area contributed by atoms with Gasteiger partial charge in [-0.3, -0.25) is 4.90 Å². The van der Waals surface area contributed by atoms with Gasteiger partial charge in [0, 0.05) is 26.2 Å². The van der Waals surface area contributed by atoms with Crippen molar-refractivity contribution in [1.82, 2.24) is 20.4 Å². The highest BCUT2D eigenvalue weighted by Crippen LogP contribution is 2.52. The largest absolute Gasteiger partial charge is 0.338 e. The molecule has 0 atom stereocenters. The Labute approximate surface area is 124 Å². The minimum absolute atomic E-state index is 0.0179. The van der Waals surface area contributed by atoms with E-state index in [-0.39, 0.29) is 5.41 Å². The molecule has 2 aromatic rings. The molecule has 2 aliphatic rings. The zero-order valence-corrected chi connectivity index (χ0v) is 12.1. The van der Waals surface area contributed by atoms with Crippen LogP contribution in [-0.4, -0.2) is 41.2 Å². The standard InChI is InChI=1S/C16H20N4O/c1-2-4-13(5-3-1)16(6-7-16)15-18-14(19-21-15)12-20-10-8-17-9-11-20/h1-5,17H,6-12H2. The van der Waals surface area contributed by atoms with Gasteiger partial charge < -0.3 is 9.84 Å². The summed E-state index contributed by atoms with van der Waals surface area (Å²) in [5, 5.41) is 7.55. The second-order valence-electron chi connectivity index (χ2n) is 5.99. The molecule has 2 fully saturated rings. The van der Waals surface area contributed by atoms with Gasteiger partial charge in [0.25, 0.3) is 0 Å². The zero-order valence-electron chi connectivity index (χ0n) is 12.1. The summed E-state index contributed by atoms with van der Waals surface area (Å²) in [7, 11) is 0. The molecule has 1 N–H and O–H groups in total. The smallest absolute Gasteiger partial charge is 0.237 e. The first-order valence-electron chi connectivity index (χ1n) is 7.68. The highest BCUT2D eigenvalue weighted by atomic mass is 16.5. The van der Waals surface area contributed by atoms with Crippen LogP contribution in [0.4, 0.5) is 0 Å².